The number of nitrogens with zero attached hydrogens (tertiary/aromatic N) is 3. The molecule has 1 aromatic heterocycles. The number of rotatable bonds is 3. The maximum atomic E-state index is 12.3. The summed E-state index contributed by atoms with van der Waals surface area (Å²) in [6.45, 7) is 3.84. The molecule has 0 saturated carbocycles. The van der Waals surface area contributed by atoms with Gasteiger partial charge in [-0.1, -0.05) is 0 Å². The van der Waals surface area contributed by atoms with Gasteiger partial charge in [0.1, 0.15) is 0 Å². The Morgan fingerprint density at radius 1 is 1.38 bits per heavy atom. The van der Waals surface area contributed by atoms with E-state index in [2.05, 4.69) is 27.1 Å². The number of anilines is 1. The van der Waals surface area contributed by atoms with E-state index >= 15 is 0 Å². The number of likely N-dealkylation sites (tertiary alicyclic amines) is 1. The van der Waals surface area contributed by atoms with E-state index < -0.39 is 0 Å². The van der Waals surface area contributed by atoms with E-state index in [1.165, 1.54) is 12.8 Å². The number of H-pyrrole nitrogens is 1. The Morgan fingerprint density at radius 3 is 2.95 bits per heavy atom. The predicted molar refractivity (Wildman–Crippen MR) is 84.1 cm³/mol. The number of hydrogen-bond acceptors (Lipinski definition) is 5. The molecule has 1 aromatic rings. The molecule has 1 fully saturated rings. The summed E-state index contributed by atoms with van der Waals surface area (Å²) in [6.07, 6.45) is 4.09. The van der Waals surface area contributed by atoms with Crippen LogP contribution in [0.5, 0.6) is 0 Å². The molecule has 0 aliphatic carbocycles. The number of likely N-dealkylation sites (N-methyl/N-ethyl adjacent to an activating group) is 2. The zero-order valence-electron chi connectivity index (χ0n) is 13.0. The summed E-state index contributed by atoms with van der Waals surface area (Å²) >= 11 is 0. The van der Waals surface area contributed by atoms with Crippen molar-refractivity contribution in [2.45, 2.75) is 31.7 Å². The first kappa shape index (κ1) is 14.5. The Balaban J connectivity index is 1.80. The minimum absolute atomic E-state index is 0.0327. The van der Waals surface area contributed by atoms with Crippen LogP contribution < -0.4 is 15.8 Å². The molecule has 0 bridgehead atoms. The van der Waals surface area contributed by atoms with Crippen molar-refractivity contribution in [2.24, 2.45) is 0 Å². The molecule has 116 valence electrons. The van der Waals surface area contributed by atoms with Crippen molar-refractivity contribution in [1.29, 1.82) is 0 Å². The summed E-state index contributed by atoms with van der Waals surface area (Å²) in [7, 11) is 4.19. The first-order chi connectivity index (χ1) is 10.1. The molecule has 0 aromatic carbocycles. The van der Waals surface area contributed by atoms with Crippen LogP contribution in [-0.4, -0.2) is 61.2 Å². The van der Waals surface area contributed by atoms with Gasteiger partial charge < -0.3 is 15.1 Å². The van der Waals surface area contributed by atoms with Crippen LogP contribution in [0.1, 0.15) is 24.1 Å². The summed E-state index contributed by atoms with van der Waals surface area (Å²) < 4.78 is 0. The van der Waals surface area contributed by atoms with Gasteiger partial charge in [0, 0.05) is 38.2 Å². The minimum atomic E-state index is 0.0327. The van der Waals surface area contributed by atoms with Crippen LogP contribution in [0.15, 0.2) is 4.79 Å². The molecule has 2 N–H and O–H groups in total. The van der Waals surface area contributed by atoms with Gasteiger partial charge in [0.15, 0.2) is 0 Å². The van der Waals surface area contributed by atoms with E-state index in [9.17, 15) is 4.79 Å². The fraction of sp³-hybridized carbons (Fsp3) is 0.733. The summed E-state index contributed by atoms with van der Waals surface area (Å²) in [5.41, 5.74) is 1.85. The summed E-state index contributed by atoms with van der Waals surface area (Å²) in [6, 6.07) is 0.556. The van der Waals surface area contributed by atoms with E-state index in [0.29, 0.717) is 12.0 Å². The number of nitrogens with one attached hydrogen (secondary N) is 2. The molecule has 3 heterocycles. The van der Waals surface area contributed by atoms with Crippen molar-refractivity contribution in [3.8, 4) is 0 Å². The van der Waals surface area contributed by atoms with Crippen molar-refractivity contribution >= 4 is 5.95 Å². The lowest BCUT2D eigenvalue weighted by atomic mass is 10.1. The molecule has 2 aliphatic rings. The topological polar surface area (TPSA) is 64.3 Å². The molecule has 2 aliphatic heterocycles. The Kier molecular flexibility index (Phi) is 4.26. The molecule has 0 unspecified atom stereocenters. The van der Waals surface area contributed by atoms with Gasteiger partial charge in [-0.05, 0) is 39.4 Å². The van der Waals surface area contributed by atoms with Crippen molar-refractivity contribution < 1.29 is 0 Å². The zero-order chi connectivity index (χ0) is 14.8. The van der Waals surface area contributed by atoms with Gasteiger partial charge in [0.05, 0.1) is 5.69 Å². The summed E-state index contributed by atoms with van der Waals surface area (Å²) in [5, 5.41) is 3.32. The van der Waals surface area contributed by atoms with E-state index in [1.54, 1.807) is 0 Å². The van der Waals surface area contributed by atoms with Crippen LogP contribution in [-0.2, 0) is 12.8 Å². The third-order valence-corrected chi connectivity index (χ3v) is 4.70. The van der Waals surface area contributed by atoms with Crippen molar-refractivity contribution in [1.82, 2.24) is 20.2 Å². The molecular weight excluding hydrogens is 266 g/mol. The first-order valence-electron chi connectivity index (χ1n) is 7.89. The standard InChI is InChI=1S/C15H25N5O/c1-19-9-3-4-11(19)10-20(2)15-17-13-6-8-16-7-5-12(13)14(21)18-15/h11,16H,3-10H2,1-2H3,(H,17,18,21)/t11-/m1/s1. The van der Waals surface area contributed by atoms with E-state index in [4.69, 9.17) is 4.98 Å². The van der Waals surface area contributed by atoms with Gasteiger partial charge in [0.25, 0.3) is 5.56 Å². The van der Waals surface area contributed by atoms with Crippen LogP contribution >= 0.6 is 0 Å². The predicted octanol–water partition coefficient (Wildman–Crippen LogP) is -0.0115. The molecular formula is C15H25N5O. The normalized spacial score (nSPS) is 22.9. The van der Waals surface area contributed by atoms with Gasteiger partial charge in [-0.3, -0.25) is 9.78 Å². The molecule has 0 spiro atoms. The lowest BCUT2D eigenvalue weighted by Crippen LogP contribution is -2.38. The Hall–Kier alpha value is -1.40. The van der Waals surface area contributed by atoms with E-state index in [-0.39, 0.29) is 5.56 Å². The zero-order valence-corrected chi connectivity index (χ0v) is 13.0. The highest BCUT2D eigenvalue weighted by Crippen LogP contribution is 2.17. The fourth-order valence-corrected chi connectivity index (χ4v) is 3.33. The van der Waals surface area contributed by atoms with Gasteiger partial charge in [-0.15, -0.1) is 0 Å². The molecule has 1 atom stereocenters. The van der Waals surface area contributed by atoms with Gasteiger partial charge in [-0.25, -0.2) is 4.98 Å². The van der Waals surface area contributed by atoms with Crippen LogP contribution in [0.3, 0.4) is 0 Å². The van der Waals surface area contributed by atoms with Gasteiger partial charge >= 0.3 is 0 Å². The summed E-state index contributed by atoms with van der Waals surface area (Å²) in [4.78, 5) is 24.4. The minimum Gasteiger partial charge on any atom is -0.344 e. The lowest BCUT2D eigenvalue weighted by Gasteiger charge is -2.26. The fourth-order valence-electron chi connectivity index (χ4n) is 3.33. The monoisotopic (exact) mass is 291 g/mol. The summed E-state index contributed by atoms with van der Waals surface area (Å²) in [5.74, 6) is 0.709. The van der Waals surface area contributed by atoms with Crippen LogP contribution in [0.25, 0.3) is 0 Å². The van der Waals surface area contributed by atoms with Crippen LogP contribution in [0.4, 0.5) is 5.95 Å². The molecule has 0 radical (unpaired) electrons. The van der Waals surface area contributed by atoms with Gasteiger partial charge in [0.2, 0.25) is 5.95 Å². The van der Waals surface area contributed by atoms with E-state index in [1.807, 2.05) is 7.05 Å². The average molecular weight is 291 g/mol. The van der Waals surface area contributed by atoms with Crippen LogP contribution in [0, 0.1) is 0 Å². The van der Waals surface area contributed by atoms with E-state index in [0.717, 1.165) is 50.3 Å². The second-order valence-electron chi connectivity index (χ2n) is 6.22. The van der Waals surface area contributed by atoms with Gasteiger partial charge in [-0.2, -0.15) is 0 Å². The second kappa shape index (κ2) is 6.15. The Labute approximate surface area is 125 Å². The number of hydrogen-bond donors (Lipinski definition) is 2. The van der Waals surface area contributed by atoms with Crippen LogP contribution in [0.2, 0.25) is 0 Å². The largest absolute Gasteiger partial charge is 0.344 e. The maximum absolute atomic E-state index is 12.3. The highest BCUT2D eigenvalue weighted by molar-refractivity contribution is 5.33. The Bertz CT molecular complexity index is 555. The number of aromatic nitrogens is 2. The maximum Gasteiger partial charge on any atom is 0.255 e. The third kappa shape index (κ3) is 3.11. The molecule has 21 heavy (non-hydrogen) atoms. The lowest BCUT2D eigenvalue weighted by molar-refractivity contribution is 0.313. The number of fused-ring (bicyclic) bond motifs is 1. The quantitative estimate of drug-likeness (QED) is 0.820. The first-order valence-corrected chi connectivity index (χ1v) is 7.89. The molecule has 3 rings (SSSR count). The van der Waals surface area contributed by atoms with Crippen molar-refractivity contribution in [3.05, 3.63) is 21.6 Å². The highest BCUT2D eigenvalue weighted by Gasteiger charge is 2.23. The molecule has 0 amide bonds. The highest BCUT2D eigenvalue weighted by atomic mass is 16.1. The van der Waals surface area contributed by atoms with Crippen molar-refractivity contribution in [3.63, 3.8) is 0 Å². The smallest absolute Gasteiger partial charge is 0.255 e. The molecule has 6 heteroatoms. The second-order valence-corrected chi connectivity index (χ2v) is 6.22. The number of aromatic amines is 1. The third-order valence-electron chi connectivity index (χ3n) is 4.70. The Morgan fingerprint density at radius 2 is 2.19 bits per heavy atom. The van der Waals surface area contributed by atoms with Crippen molar-refractivity contribution in [2.75, 3.05) is 45.2 Å². The molecule has 1 saturated heterocycles. The average Bonchev–Trinajstić information content (AvgIpc) is 2.73. The molecule has 6 nitrogen and oxygen atoms in total. The SMILES string of the molecule is CN(C[C@H]1CCCN1C)c1nc2c(c(=O)[nH]1)CCNCC2.